The fourth-order valence-electron chi connectivity index (χ4n) is 2.52. The normalized spacial score (nSPS) is 24.7. The van der Waals surface area contributed by atoms with Crippen molar-refractivity contribution < 1.29 is 9.13 Å². The molecule has 0 radical (unpaired) electrons. The quantitative estimate of drug-likeness (QED) is 0.795. The average Bonchev–Trinajstić information content (AvgIpc) is 2.98. The number of halogens is 1. The van der Waals surface area contributed by atoms with E-state index in [-0.39, 0.29) is 11.8 Å². The molecule has 1 saturated heterocycles. The predicted molar refractivity (Wildman–Crippen MR) is 69.8 cm³/mol. The van der Waals surface area contributed by atoms with Crippen molar-refractivity contribution in [2.75, 3.05) is 45.2 Å². The molecule has 0 aromatic carbocycles. The highest BCUT2D eigenvalue weighted by Crippen LogP contribution is 2.46. The molecule has 104 valence electrons. The summed E-state index contributed by atoms with van der Waals surface area (Å²) in [6, 6.07) is 0.263. The van der Waals surface area contributed by atoms with Crippen molar-refractivity contribution in [1.82, 2.24) is 14.9 Å². The van der Waals surface area contributed by atoms with Crippen molar-refractivity contribution >= 4 is 5.82 Å². The zero-order valence-electron chi connectivity index (χ0n) is 11.3. The van der Waals surface area contributed by atoms with Crippen LogP contribution in [-0.4, -0.2) is 55.2 Å². The highest BCUT2D eigenvalue weighted by Gasteiger charge is 2.46. The summed E-state index contributed by atoms with van der Waals surface area (Å²) in [5.74, 6) is 1.52. The summed E-state index contributed by atoms with van der Waals surface area (Å²) in [5, 5.41) is 0. The summed E-state index contributed by atoms with van der Waals surface area (Å²) in [6.45, 7) is 3.11. The summed E-state index contributed by atoms with van der Waals surface area (Å²) in [7, 11) is 3.94. The maximum Gasteiger partial charge on any atom is 0.318 e. The molecule has 19 heavy (non-hydrogen) atoms. The van der Waals surface area contributed by atoms with Crippen molar-refractivity contribution in [2.45, 2.75) is 6.42 Å². The van der Waals surface area contributed by atoms with Gasteiger partial charge < -0.3 is 14.5 Å². The van der Waals surface area contributed by atoms with E-state index >= 15 is 0 Å². The lowest BCUT2D eigenvalue weighted by molar-refractivity contribution is 0.245. The second-order valence-electron chi connectivity index (χ2n) is 5.64. The molecule has 3 rings (SSSR count). The van der Waals surface area contributed by atoms with Crippen LogP contribution in [0.25, 0.3) is 0 Å². The van der Waals surface area contributed by atoms with E-state index in [0.717, 1.165) is 31.5 Å². The summed E-state index contributed by atoms with van der Waals surface area (Å²) in [4.78, 5) is 12.1. The smallest absolute Gasteiger partial charge is 0.318 e. The standard InChI is InChI=1S/C13H19FN4O/c1-17(2)3-4-19-13-15-6-11(14)12(16-13)18-7-9-5-10(9)8-18/h6,9-10H,3-5,7-8H2,1-2H3. The molecule has 0 amide bonds. The number of piperidine rings is 1. The van der Waals surface area contributed by atoms with Gasteiger partial charge in [0, 0.05) is 19.6 Å². The van der Waals surface area contributed by atoms with Gasteiger partial charge in [0.25, 0.3) is 0 Å². The molecular weight excluding hydrogens is 247 g/mol. The number of aromatic nitrogens is 2. The monoisotopic (exact) mass is 266 g/mol. The Kier molecular flexibility index (Phi) is 3.26. The summed E-state index contributed by atoms with van der Waals surface area (Å²) in [5.41, 5.74) is 0. The minimum absolute atomic E-state index is 0.263. The van der Waals surface area contributed by atoms with Crippen LogP contribution in [0.2, 0.25) is 0 Å². The van der Waals surface area contributed by atoms with Gasteiger partial charge in [0.05, 0.1) is 6.20 Å². The Balaban J connectivity index is 1.65. The second-order valence-corrected chi connectivity index (χ2v) is 5.64. The summed E-state index contributed by atoms with van der Waals surface area (Å²) in [6.07, 6.45) is 2.49. The van der Waals surface area contributed by atoms with Gasteiger partial charge in [0.15, 0.2) is 11.6 Å². The van der Waals surface area contributed by atoms with Crippen LogP contribution in [0, 0.1) is 17.7 Å². The number of nitrogens with zero attached hydrogens (tertiary/aromatic N) is 4. The summed E-state index contributed by atoms with van der Waals surface area (Å²) < 4.78 is 19.2. The number of ether oxygens (including phenoxy) is 1. The van der Waals surface area contributed by atoms with Crippen molar-refractivity contribution in [3.8, 4) is 6.01 Å². The Morgan fingerprint density at radius 1 is 1.42 bits per heavy atom. The minimum atomic E-state index is -0.360. The van der Waals surface area contributed by atoms with E-state index < -0.39 is 0 Å². The van der Waals surface area contributed by atoms with Gasteiger partial charge in [-0.2, -0.15) is 4.98 Å². The van der Waals surface area contributed by atoms with E-state index in [0.29, 0.717) is 12.4 Å². The van der Waals surface area contributed by atoms with Gasteiger partial charge in [-0.3, -0.25) is 0 Å². The molecule has 1 saturated carbocycles. The first-order valence-corrected chi connectivity index (χ1v) is 6.68. The van der Waals surface area contributed by atoms with Crippen LogP contribution in [0.15, 0.2) is 6.20 Å². The van der Waals surface area contributed by atoms with Gasteiger partial charge >= 0.3 is 6.01 Å². The fraction of sp³-hybridized carbons (Fsp3) is 0.692. The zero-order chi connectivity index (χ0) is 13.4. The Morgan fingerprint density at radius 3 is 2.84 bits per heavy atom. The van der Waals surface area contributed by atoms with E-state index in [4.69, 9.17) is 4.74 Å². The SMILES string of the molecule is CN(C)CCOc1ncc(F)c(N2CC3CC3C2)n1. The van der Waals surface area contributed by atoms with Crippen molar-refractivity contribution in [3.05, 3.63) is 12.0 Å². The van der Waals surface area contributed by atoms with Crippen LogP contribution in [0.1, 0.15) is 6.42 Å². The zero-order valence-corrected chi connectivity index (χ0v) is 11.3. The van der Waals surface area contributed by atoms with Crippen molar-refractivity contribution in [1.29, 1.82) is 0 Å². The van der Waals surface area contributed by atoms with Crippen LogP contribution < -0.4 is 9.64 Å². The minimum Gasteiger partial charge on any atom is -0.462 e. The van der Waals surface area contributed by atoms with Crippen LogP contribution in [0.3, 0.4) is 0 Å². The van der Waals surface area contributed by atoms with Crippen LogP contribution >= 0.6 is 0 Å². The number of anilines is 1. The molecule has 2 heterocycles. The topological polar surface area (TPSA) is 41.5 Å². The highest BCUT2D eigenvalue weighted by atomic mass is 19.1. The molecule has 1 aliphatic carbocycles. The first-order chi connectivity index (χ1) is 9.13. The third-order valence-corrected chi connectivity index (χ3v) is 3.75. The molecule has 2 aliphatic rings. The van der Waals surface area contributed by atoms with Crippen LogP contribution in [-0.2, 0) is 0 Å². The average molecular weight is 266 g/mol. The van der Waals surface area contributed by atoms with Gasteiger partial charge in [0.2, 0.25) is 0 Å². The van der Waals surface area contributed by atoms with Gasteiger partial charge in [-0.1, -0.05) is 0 Å². The molecule has 2 fully saturated rings. The van der Waals surface area contributed by atoms with Crippen LogP contribution in [0.4, 0.5) is 10.2 Å². The van der Waals surface area contributed by atoms with E-state index in [1.165, 1.54) is 12.6 Å². The van der Waals surface area contributed by atoms with E-state index in [9.17, 15) is 4.39 Å². The maximum absolute atomic E-state index is 13.8. The number of rotatable bonds is 5. The lowest BCUT2D eigenvalue weighted by atomic mass is 10.4. The summed E-state index contributed by atoms with van der Waals surface area (Å²) >= 11 is 0. The van der Waals surface area contributed by atoms with E-state index in [1.54, 1.807) is 0 Å². The molecule has 0 bridgehead atoms. The van der Waals surface area contributed by atoms with Crippen molar-refractivity contribution in [3.63, 3.8) is 0 Å². The largest absolute Gasteiger partial charge is 0.462 e. The molecule has 2 atom stereocenters. The van der Waals surface area contributed by atoms with E-state index in [2.05, 4.69) is 9.97 Å². The van der Waals surface area contributed by atoms with Crippen molar-refractivity contribution in [2.24, 2.45) is 11.8 Å². The molecule has 0 N–H and O–H groups in total. The molecule has 1 aromatic heterocycles. The van der Waals surface area contributed by atoms with Gasteiger partial charge in [-0.05, 0) is 32.4 Å². The Hall–Kier alpha value is -1.43. The van der Waals surface area contributed by atoms with Gasteiger partial charge in [-0.15, -0.1) is 0 Å². The van der Waals surface area contributed by atoms with E-state index in [1.807, 2.05) is 23.9 Å². The number of fused-ring (bicyclic) bond motifs is 1. The third-order valence-electron chi connectivity index (χ3n) is 3.75. The molecule has 1 aromatic rings. The Morgan fingerprint density at radius 2 is 2.16 bits per heavy atom. The molecule has 0 spiro atoms. The fourth-order valence-corrected chi connectivity index (χ4v) is 2.52. The van der Waals surface area contributed by atoms with Crippen LogP contribution in [0.5, 0.6) is 6.01 Å². The first kappa shape index (κ1) is 12.6. The molecular formula is C13H19FN4O. The Labute approximate surface area is 112 Å². The first-order valence-electron chi connectivity index (χ1n) is 6.68. The highest BCUT2D eigenvalue weighted by molar-refractivity contribution is 5.43. The van der Waals surface area contributed by atoms with Gasteiger partial charge in [0.1, 0.15) is 6.61 Å². The number of likely N-dealkylation sites (N-methyl/N-ethyl adjacent to an activating group) is 1. The molecule has 5 nitrogen and oxygen atoms in total. The third kappa shape index (κ3) is 2.78. The Bertz CT molecular complexity index is 458. The number of hydrogen-bond acceptors (Lipinski definition) is 5. The molecule has 6 heteroatoms. The lowest BCUT2D eigenvalue weighted by Gasteiger charge is -2.19. The number of hydrogen-bond donors (Lipinski definition) is 0. The second kappa shape index (κ2) is 4.92. The van der Waals surface area contributed by atoms with Gasteiger partial charge in [-0.25, -0.2) is 9.37 Å². The lowest BCUT2D eigenvalue weighted by Crippen LogP contribution is -2.25. The predicted octanol–water partition coefficient (Wildman–Crippen LogP) is 1.01. The molecule has 2 unspecified atom stereocenters. The molecule has 1 aliphatic heterocycles. The maximum atomic E-state index is 13.8.